The third kappa shape index (κ3) is 2.29. The second-order valence-electron chi connectivity index (χ2n) is 8.48. The van der Waals surface area contributed by atoms with Crippen LogP contribution in [0.1, 0.15) is 57.7 Å². The summed E-state index contributed by atoms with van der Waals surface area (Å²) in [4.78, 5) is 0. The van der Waals surface area contributed by atoms with Gasteiger partial charge >= 0.3 is 0 Å². The number of fused-ring (bicyclic) bond motifs is 1. The molecular weight excluding hydrogens is 264 g/mol. The smallest absolute Gasteiger partial charge is 0.000979 e. The first-order chi connectivity index (χ1) is 10.3. The quantitative estimate of drug-likeness (QED) is 0.661. The Hall–Kier alpha value is -1.56. The van der Waals surface area contributed by atoms with Gasteiger partial charge in [0.2, 0.25) is 0 Å². The van der Waals surface area contributed by atoms with Crippen LogP contribution in [0, 0.1) is 5.41 Å². The molecule has 0 saturated carbocycles. The molecule has 0 bridgehead atoms. The average Bonchev–Trinajstić information content (AvgIpc) is 2.69. The summed E-state index contributed by atoms with van der Waals surface area (Å²) in [6.45, 7) is 12.2. The first-order valence-electron chi connectivity index (χ1n) is 8.40. The fourth-order valence-electron chi connectivity index (χ4n) is 4.53. The maximum absolute atomic E-state index is 2.48. The third-order valence-corrected chi connectivity index (χ3v) is 6.03. The Morgan fingerprint density at radius 3 is 2.00 bits per heavy atom. The van der Waals surface area contributed by atoms with Crippen LogP contribution in [0.2, 0.25) is 0 Å². The summed E-state index contributed by atoms with van der Waals surface area (Å²) in [7, 11) is 0. The predicted molar refractivity (Wildman–Crippen MR) is 95.4 cm³/mol. The van der Waals surface area contributed by atoms with Crippen LogP contribution in [0.5, 0.6) is 0 Å². The molecule has 2 aromatic rings. The highest BCUT2D eigenvalue weighted by Crippen LogP contribution is 2.57. The highest BCUT2D eigenvalue weighted by Gasteiger charge is 2.52. The van der Waals surface area contributed by atoms with Crippen molar-refractivity contribution in [1.29, 1.82) is 0 Å². The molecule has 116 valence electrons. The monoisotopic (exact) mass is 292 g/mol. The normalized spacial score (nSPS) is 23.3. The van der Waals surface area contributed by atoms with E-state index in [-0.39, 0.29) is 16.2 Å². The molecule has 0 radical (unpaired) electrons. The number of hydrogen-bond acceptors (Lipinski definition) is 0. The number of hydrogen-bond donors (Lipinski definition) is 0. The molecular formula is C22H28. The minimum absolute atomic E-state index is 0.211. The molecule has 0 nitrogen and oxygen atoms in total. The minimum Gasteiger partial charge on any atom is -0.0622 e. The van der Waals surface area contributed by atoms with Gasteiger partial charge in [0.15, 0.2) is 0 Å². The van der Waals surface area contributed by atoms with Gasteiger partial charge in [-0.2, -0.15) is 0 Å². The van der Waals surface area contributed by atoms with E-state index in [9.17, 15) is 0 Å². The molecule has 0 saturated heterocycles. The molecule has 0 amide bonds. The molecule has 3 rings (SSSR count). The number of rotatable bonds is 3. The van der Waals surface area contributed by atoms with Crippen molar-refractivity contribution in [3.8, 4) is 0 Å². The molecule has 1 aliphatic rings. The molecule has 1 atom stereocenters. The lowest BCUT2D eigenvalue weighted by atomic mass is 9.60. The Morgan fingerprint density at radius 1 is 0.818 bits per heavy atom. The zero-order chi connectivity index (χ0) is 16.0. The Labute approximate surface area is 135 Å². The van der Waals surface area contributed by atoms with Gasteiger partial charge < -0.3 is 0 Å². The Morgan fingerprint density at radius 2 is 1.36 bits per heavy atom. The van der Waals surface area contributed by atoms with Crippen LogP contribution >= 0.6 is 0 Å². The highest BCUT2D eigenvalue weighted by molar-refractivity contribution is 5.46. The second-order valence-corrected chi connectivity index (χ2v) is 8.48. The molecule has 0 spiro atoms. The molecule has 1 aliphatic carbocycles. The van der Waals surface area contributed by atoms with Crippen LogP contribution < -0.4 is 0 Å². The van der Waals surface area contributed by atoms with Crippen molar-refractivity contribution in [3.63, 3.8) is 0 Å². The van der Waals surface area contributed by atoms with Gasteiger partial charge in [-0.05, 0) is 45.8 Å². The maximum Gasteiger partial charge on any atom is -0.000979 e. The van der Waals surface area contributed by atoms with Gasteiger partial charge in [-0.15, -0.1) is 0 Å². The Kier molecular flexibility index (Phi) is 3.47. The first kappa shape index (κ1) is 15.3. The fraction of sp³-hybridized carbons (Fsp3) is 0.455. The maximum atomic E-state index is 2.48. The summed E-state index contributed by atoms with van der Waals surface area (Å²) in [6.07, 6.45) is 2.34. The van der Waals surface area contributed by atoms with E-state index in [0.29, 0.717) is 0 Å². The van der Waals surface area contributed by atoms with E-state index in [4.69, 9.17) is 0 Å². The van der Waals surface area contributed by atoms with E-state index in [1.54, 1.807) is 11.1 Å². The van der Waals surface area contributed by atoms with Crippen LogP contribution in [0.15, 0.2) is 54.6 Å². The molecule has 0 fully saturated rings. The van der Waals surface area contributed by atoms with Gasteiger partial charge in [0, 0.05) is 0 Å². The van der Waals surface area contributed by atoms with E-state index in [0.717, 1.165) is 6.42 Å². The lowest BCUT2D eigenvalue weighted by molar-refractivity contribution is 0.157. The molecule has 0 heteroatoms. The zero-order valence-electron chi connectivity index (χ0n) is 14.6. The third-order valence-electron chi connectivity index (χ3n) is 6.03. The van der Waals surface area contributed by atoms with Crippen LogP contribution in [-0.2, 0) is 17.3 Å². The van der Waals surface area contributed by atoms with Crippen molar-refractivity contribution in [3.05, 3.63) is 71.3 Å². The van der Waals surface area contributed by atoms with E-state index < -0.39 is 0 Å². The van der Waals surface area contributed by atoms with Crippen LogP contribution in [0.25, 0.3) is 0 Å². The summed E-state index contributed by atoms with van der Waals surface area (Å²) >= 11 is 0. The van der Waals surface area contributed by atoms with Crippen molar-refractivity contribution >= 4 is 0 Å². The van der Waals surface area contributed by atoms with Crippen molar-refractivity contribution in [2.24, 2.45) is 5.41 Å². The minimum atomic E-state index is 0.211. The summed E-state index contributed by atoms with van der Waals surface area (Å²) in [5, 5.41) is 0. The van der Waals surface area contributed by atoms with Gasteiger partial charge in [0.1, 0.15) is 0 Å². The van der Waals surface area contributed by atoms with Crippen molar-refractivity contribution in [2.75, 3.05) is 0 Å². The molecule has 0 aliphatic heterocycles. The SMILES string of the molecule is CC1(C)CC(C)(C(C)(C)Cc2ccccc2)c2ccccc21. The van der Waals surface area contributed by atoms with Gasteiger partial charge in [0.25, 0.3) is 0 Å². The van der Waals surface area contributed by atoms with E-state index in [2.05, 4.69) is 89.2 Å². The summed E-state index contributed by atoms with van der Waals surface area (Å²) in [5.74, 6) is 0. The van der Waals surface area contributed by atoms with E-state index in [1.165, 1.54) is 12.0 Å². The second kappa shape index (κ2) is 4.98. The van der Waals surface area contributed by atoms with E-state index >= 15 is 0 Å². The first-order valence-corrected chi connectivity index (χ1v) is 8.40. The molecule has 2 aromatic carbocycles. The highest BCUT2D eigenvalue weighted by atomic mass is 14.6. The largest absolute Gasteiger partial charge is 0.0622 e. The molecule has 1 unspecified atom stereocenters. The number of benzene rings is 2. The molecule has 0 N–H and O–H groups in total. The lowest BCUT2D eigenvalue weighted by Gasteiger charge is -2.44. The van der Waals surface area contributed by atoms with Crippen LogP contribution in [0.4, 0.5) is 0 Å². The zero-order valence-corrected chi connectivity index (χ0v) is 14.6. The van der Waals surface area contributed by atoms with Gasteiger partial charge in [-0.25, -0.2) is 0 Å². The average molecular weight is 292 g/mol. The van der Waals surface area contributed by atoms with Crippen molar-refractivity contribution in [1.82, 2.24) is 0 Å². The Balaban J connectivity index is 2.03. The van der Waals surface area contributed by atoms with E-state index in [1.807, 2.05) is 0 Å². The van der Waals surface area contributed by atoms with Gasteiger partial charge in [-0.1, -0.05) is 89.2 Å². The Bertz CT molecular complexity index is 663. The van der Waals surface area contributed by atoms with Gasteiger partial charge in [-0.3, -0.25) is 0 Å². The lowest BCUT2D eigenvalue weighted by Crippen LogP contribution is -2.40. The summed E-state index contributed by atoms with van der Waals surface area (Å²) in [5.41, 5.74) is 5.23. The standard InChI is InChI=1S/C22H28/c1-20(2)16-22(5,19-14-10-9-13-18(19)20)21(3,4)15-17-11-7-6-8-12-17/h6-14H,15-16H2,1-5H3. The van der Waals surface area contributed by atoms with Crippen LogP contribution in [0.3, 0.4) is 0 Å². The molecule has 0 aromatic heterocycles. The molecule has 0 heterocycles. The summed E-state index contributed by atoms with van der Waals surface area (Å²) < 4.78 is 0. The fourth-order valence-corrected chi connectivity index (χ4v) is 4.53. The predicted octanol–water partition coefficient (Wildman–Crippen LogP) is 5.89. The van der Waals surface area contributed by atoms with Gasteiger partial charge in [0.05, 0.1) is 0 Å². The van der Waals surface area contributed by atoms with Crippen LogP contribution in [-0.4, -0.2) is 0 Å². The van der Waals surface area contributed by atoms with Crippen molar-refractivity contribution < 1.29 is 0 Å². The van der Waals surface area contributed by atoms with Crippen molar-refractivity contribution in [2.45, 2.75) is 58.3 Å². The topological polar surface area (TPSA) is 0 Å². The molecule has 22 heavy (non-hydrogen) atoms. The summed E-state index contributed by atoms with van der Waals surface area (Å²) in [6, 6.07) is 20.0.